The predicted octanol–water partition coefficient (Wildman–Crippen LogP) is 2.88. The lowest BCUT2D eigenvalue weighted by atomic mass is 10.2. The van der Waals surface area contributed by atoms with E-state index in [1.807, 2.05) is 24.3 Å². The van der Waals surface area contributed by atoms with Gasteiger partial charge in [0.1, 0.15) is 6.26 Å². The van der Waals surface area contributed by atoms with Crippen molar-refractivity contribution in [1.29, 1.82) is 0 Å². The third kappa shape index (κ3) is 4.70. The minimum absolute atomic E-state index is 0.0184. The summed E-state index contributed by atoms with van der Waals surface area (Å²) in [5.74, 6) is -0.519. The minimum atomic E-state index is -0.332. The summed E-state index contributed by atoms with van der Waals surface area (Å²) in [5, 5.41) is 2.58. The van der Waals surface area contributed by atoms with Gasteiger partial charge >= 0.3 is 6.01 Å². The average Bonchev–Trinajstić information content (AvgIpc) is 3.23. The molecule has 0 spiro atoms. The van der Waals surface area contributed by atoms with Gasteiger partial charge in [-0.2, -0.15) is 4.98 Å². The highest BCUT2D eigenvalue weighted by atomic mass is 16.4. The zero-order valence-electron chi connectivity index (χ0n) is 16.0. The largest absolute Gasteiger partial charge is 0.431 e. The number of rotatable bonds is 5. The Morgan fingerprint density at radius 1 is 0.931 bits per heavy atom. The van der Waals surface area contributed by atoms with E-state index in [9.17, 15) is 9.59 Å². The second-order valence-electron chi connectivity index (χ2n) is 6.91. The highest BCUT2D eigenvalue weighted by Gasteiger charge is 2.24. The SMILES string of the molecule is O=C(Nc1nc(C(=O)N2CCN(Cc3ccccc3)CC2)co1)c1ccccc1. The molecule has 7 nitrogen and oxygen atoms in total. The molecule has 0 radical (unpaired) electrons. The molecule has 148 valence electrons. The average molecular weight is 390 g/mol. The zero-order valence-corrected chi connectivity index (χ0v) is 16.0. The molecule has 7 heteroatoms. The second kappa shape index (κ2) is 8.70. The first-order valence-electron chi connectivity index (χ1n) is 9.56. The first-order valence-corrected chi connectivity index (χ1v) is 9.56. The van der Waals surface area contributed by atoms with E-state index in [-0.39, 0.29) is 23.5 Å². The molecule has 2 aromatic carbocycles. The van der Waals surface area contributed by atoms with Crippen molar-refractivity contribution in [2.24, 2.45) is 0 Å². The molecule has 1 aliphatic rings. The number of anilines is 1. The van der Waals surface area contributed by atoms with Gasteiger partial charge in [-0.25, -0.2) is 0 Å². The second-order valence-corrected chi connectivity index (χ2v) is 6.91. The molecule has 0 unspecified atom stereocenters. The van der Waals surface area contributed by atoms with Crippen molar-refractivity contribution >= 4 is 17.8 Å². The fraction of sp³-hybridized carbons (Fsp3) is 0.227. The van der Waals surface area contributed by atoms with Gasteiger partial charge in [-0.15, -0.1) is 0 Å². The first kappa shape index (κ1) is 18.9. The molecule has 4 rings (SSSR count). The van der Waals surface area contributed by atoms with Crippen LogP contribution in [0.2, 0.25) is 0 Å². The van der Waals surface area contributed by atoms with E-state index in [2.05, 4.69) is 27.3 Å². The maximum absolute atomic E-state index is 12.7. The van der Waals surface area contributed by atoms with E-state index >= 15 is 0 Å². The van der Waals surface area contributed by atoms with Crippen molar-refractivity contribution in [3.63, 3.8) is 0 Å². The monoisotopic (exact) mass is 390 g/mol. The van der Waals surface area contributed by atoms with Crippen LogP contribution in [-0.2, 0) is 6.54 Å². The smallest absolute Gasteiger partial charge is 0.302 e. The highest BCUT2D eigenvalue weighted by molar-refractivity contribution is 6.03. The number of carbonyl (C=O) groups is 2. The fourth-order valence-electron chi connectivity index (χ4n) is 3.30. The van der Waals surface area contributed by atoms with Crippen LogP contribution in [0, 0.1) is 0 Å². The molecule has 0 bridgehead atoms. The van der Waals surface area contributed by atoms with Crippen molar-refractivity contribution in [3.8, 4) is 0 Å². The number of piperazine rings is 1. The first-order chi connectivity index (χ1) is 14.2. The van der Waals surface area contributed by atoms with Crippen LogP contribution in [0.5, 0.6) is 0 Å². The molecule has 2 heterocycles. The number of benzene rings is 2. The molecule has 1 fully saturated rings. The number of hydrogen-bond acceptors (Lipinski definition) is 5. The van der Waals surface area contributed by atoms with Gasteiger partial charge in [-0.05, 0) is 17.7 Å². The topological polar surface area (TPSA) is 78.7 Å². The molecule has 2 amide bonds. The Balaban J connectivity index is 1.31. The van der Waals surface area contributed by atoms with Crippen LogP contribution in [0.15, 0.2) is 71.3 Å². The number of carbonyl (C=O) groups excluding carboxylic acids is 2. The fourth-order valence-corrected chi connectivity index (χ4v) is 3.30. The summed E-state index contributed by atoms with van der Waals surface area (Å²) in [7, 11) is 0. The molecular formula is C22H22N4O3. The predicted molar refractivity (Wildman–Crippen MR) is 109 cm³/mol. The number of aromatic nitrogens is 1. The number of oxazole rings is 1. The van der Waals surface area contributed by atoms with Gasteiger partial charge < -0.3 is 9.32 Å². The van der Waals surface area contributed by atoms with Crippen molar-refractivity contribution < 1.29 is 14.0 Å². The van der Waals surface area contributed by atoms with E-state index < -0.39 is 0 Å². The summed E-state index contributed by atoms with van der Waals surface area (Å²) in [6, 6.07) is 19.1. The molecule has 0 aliphatic carbocycles. The Morgan fingerprint density at radius 2 is 1.59 bits per heavy atom. The lowest BCUT2D eigenvalue weighted by Gasteiger charge is -2.34. The van der Waals surface area contributed by atoms with Crippen LogP contribution >= 0.6 is 0 Å². The molecule has 3 aromatic rings. The maximum atomic E-state index is 12.7. The van der Waals surface area contributed by atoms with E-state index in [4.69, 9.17) is 4.42 Å². The van der Waals surface area contributed by atoms with Crippen LogP contribution in [0.3, 0.4) is 0 Å². The van der Waals surface area contributed by atoms with E-state index in [1.165, 1.54) is 11.8 Å². The van der Waals surface area contributed by atoms with Gasteiger partial charge in [0.15, 0.2) is 5.69 Å². The Hall–Kier alpha value is -3.45. The molecule has 1 aromatic heterocycles. The minimum Gasteiger partial charge on any atom is -0.431 e. The summed E-state index contributed by atoms with van der Waals surface area (Å²) >= 11 is 0. The van der Waals surface area contributed by atoms with E-state index in [0.717, 1.165) is 19.6 Å². The summed E-state index contributed by atoms with van der Waals surface area (Å²) in [6.45, 7) is 3.74. The van der Waals surface area contributed by atoms with Gasteiger partial charge in [0, 0.05) is 38.3 Å². The summed E-state index contributed by atoms with van der Waals surface area (Å²) in [6.07, 6.45) is 1.29. The van der Waals surface area contributed by atoms with Crippen molar-refractivity contribution in [1.82, 2.24) is 14.8 Å². The van der Waals surface area contributed by atoms with E-state index in [1.54, 1.807) is 29.2 Å². The maximum Gasteiger partial charge on any atom is 0.302 e. The normalized spacial score (nSPS) is 14.6. The Labute approximate surface area is 169 Å². The van der Waals surface area contributed by atoms with Gasteiger partial charge in [0.05, 0.1) is 0 Å². The van der Waals surface area contributed by atoms with Crippen LogP contribution in [0.1, 0.15) is 26.4 Å². The molecule has 0 saturated carbocycles. The molecule has 1 saturated heterocycles. The van der Waals surface area contributed by atoms with Crippen LogP contribution in [0.4, 0.5) is 6.01 Å². The standard InChI is InChI=1S/C22H22N4O3/c27-20(18-9-5-2-6-10-18)24-22-23-19(16-29-22)21(28)26-13-11-25(12-14-26)15-17-7-3-1-4-8-17/h1-10,16H,11-15H2,(H,23,24,27). The third-order valence-corrected chi connectivity index (χ3v) is 4.89. The third-order valence-electron chi connectivity index (χ3n) is 4.89. The Bertz CT molecular complexity index is 964. The van der Waals surface area contributed by atoms with Crippen LogP contribution < -0.4 is 5.32 Å². The van der Waals surface area contributed by atoms with Gasteiger partial charge in [-0.3, -0.25) is 19.8 Å². The lowest BCUT2D eigenvalue weighted by Crippen LogP contribution is -2.48. The molecule has 29 heavy (non-hydrogen) atoms. The van der Waals surface area contributed by atoms with Gasteiger partial charge in [-0.1, -0.05) is 48.5 Å². The van der Waals surface area contributed by atoms with Crippen LogP contribution in [-0.4, -0.2) is 52.8 Å². The quantitative estimate of drug-likeness (QED) is 0.725. The molecule has 1 N–H and O–H groups in total. The molecule has 1 aliphatic heterocycles. The Kier molecular flexibility index (Phi) is 5.67. The summed E-state index contributed by atoms with van der Waals surface area (Å²) < 4.78 is 5.27. The lowest BCUT2D eigenvalue weighted by molar-refractivity contribution is 0.0622. The number of hydrogen-bond donors (Lipinski definition) is 1. The van der Waals surface area contributed by atoms with Gasteiger partial charge in [0.2, 0.25) is 0 Å². The highest BCUT2D eigenvalue weighted by Crippen LogP contribution is 2.14. The summed E-state index contributed by atoms with van der Waals surface area (Å²) in [4.78, 5) is 33.1. The van der Waals surface area contributed by atoms with Gasteiger partial charge in [0.25, 0.3) is 11.8 Å². The molecular weight excluding hydrogens is 368 g/mol. The summed E-state index contributed by atoms with van der Waals surface area (Å²) in [5.41, 5.74) is 1.96. The number of amides is 2. The number of nitrogens with one attached hydrogen (secondary N) is 1. The van der Waals surface area contributed by atoms with Crippen LogP contribution in [0.25, 0.3) is 0 Å². The Morgan fingerprint density at radius 3 is 2.28 bits per heavy atom. The zero-order chi connectivity index (χ0) is 20.1. The van der Waals surface area contributed by atoms with E-state index in [0.29, 0.717) is 18.7 Å². The molecule has 0 atom stereocenters. The van der Waals surface area contributed by atoms with Crippen molar-refractivity contribution in [2.75, 3.05) is 31.5 Å². The van der Waals surface area contributed by atoms with Crippen molar-refractivity contribution in [2.45, 2.75) is 6.54 Å². The number of nitrogens with zero attached hydrogens (tertiary/aromatic N) is 3. The van der Waals surface area contributed by atoms with Crippen molar-refractivity contribution in [3.05, 3.63) is 83.7 Å².